The van der Waals surface area contributed by atoms with E-state index in [0.29, 0.717) is 44.0 Å². The average Bonchev–Trinajstić information content (AvgIpc) is 3.07. The summed E-state index contributed by atoms with van der Waals surface area (Å²) in [6, 6.07) is 21.8. The smallest absolute Gasteiger partial charge is 0.328 e. The molecular weight excluding hydrogens is 741 g/mol. The van der Waals surface area contributed by atoms with Crippen LogP contribution in [0.4, 0.5) is 27.5 Å². The van der Waals surface area contributed by atoms with E-state index >= 15 is 0 Å². The second-order valence-corrected chi connectivity index (χ2v) is 15.1. The lowest BCUT2D eigenvalue weighted by Gasteiger charge is -2.14. The van der Waals surface area contributed by atoms with Crippen molar-refractivity contribution in [2.24, 2.45) is 0 Å². The molecule has 6 aromatic carbocycles. The maximum absolute atomic E-state index is 12.9. The molecule has 6 rings (SSSR count). The third-order valence-corrected chi connectivity index (χ3v) is 10.1. The number of amides is 4. The average molecular weight is 771 g/mol. The normalized spacial score (nSPS) is 11.6. The van der Waals surface area contributed by atoms with Gasteiger partial charge in [-0.15, -0.1) is 0 Å². The number of imide groups is 2. The summed E-state index contributed by atoms with van der Waals surface area (Å²) in [7, 11) is -8.85. The Morgan fingerprint density at radius 3 is 1.24 bits per heavy atom. The van der Waals surface area contributed by atoms with Crippen molar-refractivity contribution in [1.82, 2.24) is 10.6 Å². The predicted molar refractivity (Wildman–Crippen MR) is 200 cm³/mol. The second kappa shape index (κ2) is 14.1. The first-order valence-electron chi connectivity index (χ1n) is 15.8. The molecule has 0 aliphatic heterocycles. The molecule has 17 heteroatoms. The van der Waals surface area contributed by atoms with Gasteiger partial charge in [0.1, 0.15) is 11.5 Å². The van der Waals surface area contributed by atoms with Crippen molar-refractivity contribution in [3.8, 4) is 11.5 Å². The molecule has 0 radical (unpaired) electrons. The van der Waals surface area contributed by atoms with Crippen molar-refractivity contribution in [2.75, 3.05) is 10.6 Å². The topological polar surface area (TPSA) is 249 Å². The molecule has 0 fully saturated rings. The van der Waals surface area contributed by atoms with E-state index in [0.717, 1.165) is 0 Å². The fourth-order valence-corrected chi connectivity index (χ4v) is 6.76. The molecule has 0 heterocycles. The van der Waals surface area contributed by atoms with Gasteiger partial charge in [0, 0.05) is 22.5 Å². The van der Waals surface area contributed by atoms with Crippen LogP contribution in [0.15, 0.2) is 107 Å². The minimum absolute atomic E-state index is 0.131. The van der Waals surface area contributed by atoms with Gasteiger partial charge in [-0.2, -0.15) is 16.8 Å². The Hall–Kier alpha value is -6.53. The van der Waals surface area contributed by atoms with Gasteiger partial charge < -0.3 is 20.8 Å². The maximum Gasteiger partial charge on any atom is 0.328 e. The van der Waals surface area contributed by atoms with Crippen LogP contribution in [-0.2, 0) is 20.2 Å². The number of aromatic hydroxyl groups is 2. The van der Waals surface area contributed by atoms with E-state index in [9.17, 15) is 50.5 Å². The van der Waals surface area contributed by atoms with Crippen LogP contribution in [0.25, 0.3) is 21.5 Å². The first kappa shape index (κ1) is 37.2. The quantitative estimate of drug-likeness (QED) is 0.0628. The minimum Gasteiger partial charge on any atom is -0.506 e. The number of urea groups is 1. The zero-order chi connectivity index (χ0) is 39.1. The van der Waals surface area contributed by atoms with Gasteiger partial charge in [0.15, 0.2) is 0 Å². The van der Waals surface area contributed by atoms with Gasteiger partial charge in [-0.05, 0) is 131 Å². The van der Waals surface area contributed by atoms with E-state index < -0.39 is 38.1 Å². The van der Waals surface area contributed by atoms with Crippen molar-refractivity contribution in [2.45, 2.75) is 23.6 Å². The molecule has 8 N–H and O–H groups in total. The molecule has 0 spiro atoms. The highest BCUT2D eigenvalue weighted by atomic mass is 32.2. The Morgan fingerprint density at radius 2 is 0.889 bits per heavy atom. The van der Waals surface area contributed by atoms with Crippen LogP contribution in [-0.4, -0.2) is 54.0 Å². The lowest BCUT2D eigenvalue weighted by atomic mass is 10.1. The van der Waals surface area contributed by atoms with Crippen LogP contribution in [0.1, 0.15) is 31.8 Å². The monoisotopic (exact) mass is 770 g/mol. The van der Waals surface area contributed by atoms with Crippen LogP contribution in [0.5, 0.6) is 11.5 Å². The van der Waals surface area contributed by atoms with Gasteiger partial charge in [0.25, 0.3) is 32.1 Å². The van der Waals surface area contributed by atoms with Crippen molar-refractivity contribution < 1.29 is 50.5 Å². The summed E-state index contributed by atoms with van der Waals surface area (Å²) in [5.74, 6) is -1.98. The van der Waals surface area contributed by atoms with E-state index in [-0.39, 0.29) is 43.8 Å². The maximum atomic E-state index is 12.9. The molecular formula is C37H30N4O11S2. The van der Waals surface area contributed by atoms with E-state index in [1.165, 1.54) is 72.8 Å². The van der Waals surface area contributed by atoms with Gasteiger partial charge in [0.2, 0.25) is 0 Å². The summed E-state index contributed by atoms with van der Waals surface area (Å²) in [5, 5.41) is 33.3. The molecule has 0 aliphatic carbocycles. The van der Waals surface area contributed by atoms with Crippen molar-refractivity contribution in [3.05, 3.63) is 119 Å². The van der Waals surface area contributed by atoms with E-state index in [2.05, 4.69) is 21.3 Å². The Balaban J connectivity index is 1.08. The van der Waals surface area contributed by atoms with Crippen molar-refractivity contribution in [3.63, 3.8) is 0 Å². The molecule has 0 saturated carbocycles. The molecule has 0 bridgehead atoms. The molecule has 276 valence electrons. The van der Waals surface area contributed by atoms with Gasteiger partial charge in [0.05, 0.1) is 21.2 Å². The fraction of sp³-hybridized carbons (Fsp3) is 0.0541. The summed E-state index contributed by atoms with van der Waals surface area (Å²) in [5.41, 5.74) is 2.68. The number of carbonyl (C=O) groups excluding carboxylic acids is 3. The third-order valence-electron chi connectivity index (χ3n) is 8.40. The number of hydrogen-bond acceptors (Lipinski definition) is 11. The SMILES string of the molecule is Cc1cc(Nc2cc3ccc(S(=O)(=O)O)cc3cc2O)ccc1C(=O)NC(=O)NC(=O)c1ccc(Nc2cc3ccc(S(=O)(=O)O)cc3cc2O)cc1C. The molecule has 0 atom stereocenters. The Kier molecular flexibility index (Phi) is 9.74. The highest BCUT2D eigenvalue weighted by Gasteiger charge is 2.19. The molecule has 4 amide bonds. The summed E-state index contributed by atoms with van der Waals surface area (Å²) in [4.78, 5) is 37.9. The third kappa shape index (κ3) is 8.08. The Morgan fingerprint density at radius 1 is 0.500 bits per heavy atom. The molecule has 54 heavy (non-hydrogen) atoms. The molecule has 6 aromatic rings. The molecule has 0 aromatic heterocycles. The van der Waals surface area contributed by atoms with Crippen LogP contribution in [0.3, 0.4) is 0 Å². The molecule has 15 nitrogen and oxygen atoms in total. The largest absolute Gasteiger partial charge is 0.506 e. The lowest BCUT2D eigenvalue weighted by molar-refractivity contribution is 0.0944. The van der Waals surface area contributed by atoms with Gasteiger partial charge in [-0.25, -0.2) is 4.79 Å². The van der Waals surface area contributed by atoms with Gasteiger partial charge in [-0.1, -0.05) is 12.1 Å². The number of anilines is 4. The van der Waals surface area contributed by atoms with Crippen LogP contribution >= 0.6 is 0 Å². The zero-order valence-corrected chi connectivity index (χ0v) is 29.8. The number of phenolic OH excluding ortho intramolecular Hbond substituents is 2. The highest BCUT2D eigenvalue weighted by Crippen LogP contribution is 2.35. The van der Waals surface area contributed by atoms with Crippen molar-refractivity contribution in [1.29, 1.82) is 0 Å². The summed E-state index contributed by atoms with van der Waals surface area (Å²) in [6.07, 6.45) is 0. The van der Waals surface area contributed by atoms with Crippen LogP contribution < -0.4 is 21.3 Å². The van der Waals surface area contributed by atoms with Crippen molar-refractivity contribution >= 4 is 82.4 Å². The van der Waals surface area contributed by atoms with Crippen LogP contribution in [0.2, 0.25) is 0 Å². The number of carbonyl (C=O) groups is 3. The number of aryl methyl sites for hydroxylation is 2. The molecule has 0 saturated heterocycles. The number of hydrogen-bond donors (Lipinski definition) is 8. The number of rotatable bonds is 8. The number of benzene rings is 6. The van der Waals surface area contributed by atoms with Crippen LogP contribution in [0, 0.1) is 13.8 Å². The second-order valence-electron chi connectivity index (χ2n) is 12.3. The van der Waals surface area contributed by atoms with E-state index in [1.807, 2.05) is 0 Å². The van der Waals surface area contributed by atoms with Gasteiger partial charge in [-0.3, -0.25) is 29.3 Å². The standard InChI is InChI=1S/C37H30N4O11S2/c1-19-11-25(38-31-15-21-3-7-27(53(47,48)49)13-23(21)17-33(31)42)5-9-29(19)35(44)40-37(46)41-36(45)30-10-6-26(12-20(30)2)39-32-16-22-4-8-28(54(50,51)52)14-24(22)18-34(32)43/h3-18,38-39,42-43H,1-2H3,(H,47,48,49)(H,50,51,52)(H2,40,41,44,45,46). The minimum atomic E-state index is -4.43. The van der Waals surface area contributed by atoms with E-state index in [4.69, 9.17) is 0 Å². The summed E-state index contributed by atoms with van der Waals surface area (Å²) >= 11 is 0. The Bertz CT molecular complexity index is 2600. The number of phenols is 2. The molecule has 0 aliphatic rings. The summed E-state index contributed by atoms with van der Waals surface area (Å²) in [6.45, 7) is 3.24. The number of fused-ring (bicyclic) bond motifs is 2. The Labute approximate surface area is 307 Å². The van der Waals surface area contributed by atoms with E-state index in [1.54, 1.807) is 38.1 Å². The predicted octanol–water partition coefficient (Wildman–Crippen LogP) is 6.28. The summed E-state index contributed by atoms with van der Waals surface area (Å²) < 4.78 is 64.5. The first-order valence-corrected chi connectivity index (χ1v) is 18.6. The fourth-order valence-electron chi connectivity index (χ4n) is 5.72. The highest BCUT2D eigenvalue weighted by molar-refractivity contribution is 7.86. The number of nitrogens with one attached hydrogen (secondary N) is 4. The molecule has 0 unspecified atom stereocenters. The lowest BCUT2D eigenvalue weighted by Crippen LogP contribution is -2.42. The zero-order valence-electron chi connectivity index (χ0n) is 28.2. The first-order chi connectivity index (χ1) is 25.3. The van der Waals surface area contributed by atoms with Gasteiger partial charge >= 0.3 is 6.03 Å².